The number of rotatable bonds is 9. The molecule has 2 aliphatic rings. The van der Waals surface area contributed by atoms with E-state index in [-0.39, 0.29) is 29.7 Å². The van der Waals surface area contributed by atoms with Crippen LogP contribution in [0, 0.1) is 5.41 Å². The molecular weight excluding hydrogens is 402 g/mol. The number of carbonyl (C=O) groups is 3. The predicted octanol–water partition coefficient (Wildman–Crippen LogP) is 2.11. The number of nitrogens with one attached hydrogen (secondary N) is 2. The molecule has 3 heterocycles. The minimum absolute atomic E-state index is 0.00939. The van der Waals surface area contributed by atoms with Gasteiger partial charge in [-0.05, 0) is 37.8 Å². The Kier molecular flexibility index (Phi) is 7.72. The molecule has 1 aromatic heterocycles. The summed E-state index contributed by atoms with van der Waals surface area (Å²) in [5.41, 5.74) is -0.198. The Morgan fingerprint density at radius 3 is 2.71 bits per heavy atom. The Balaban J connectivity index is 1.65. The number of amides is 2. The fourth-order valence-electron chi connectivity index (χ4n) is 3.88. The van der Waals surface area contributed by atoms with Gasteiger partial charge in [0.1, 0.15) is 25.0 Å². The largest absolute Gasteiger partial charge is 0.469 e. The first-order valence-corrected chi connectivity index (χ1v) is 10.9. The summed E-state index contributed by atoms with van der Waals surface area (Å²) in [5, 5.41) is 5.48. The first-order chi connectivity index (χ1) is 14.8. The maximum Gasteiger partial charge on any atom is 0.413 e. The van der Waals surface area contributed by atoms with Crippen molar-refractivity contribution in [3.05, 3.63) is 18.6 Å². The van der Waals surface area contributed by atoms with Crippen LogP contribution < -0.4 is 15.4 Å². The molecule has 0 radical (unpaired) electrons. The molecule has 0 aromatic carbocycles. The van der Waals surface area contributed by atoms with Gasteiger partial charge in [0.2, 0.25) is 5.91 Å². The first kappa shape index (κ1) is 23.3. The number of ketones is 1. The van der Waals surface area contributed by atoms with E-state index >= 15 is 0 Å². The molecule has 2 unspecified atom stereocenters. The van der Waals surface area contributed by atoms with E-state index in [0.29, 0.717) is 13.0 Å². The summed E-state index contributed by atoms with van der Waals surface area (Å²) in [5.74, 6) is -0.315. The van der Waals surface area contributed by atoms with Gasteiger partial charge in [0.05, 0.1) is 12.4 Å². The zero-order valence-electron chi connectivity index (χ0n) is 18.5. The number of hydrogen-bond acceptors (Lipinski definition) is 7. The molecule has 2 fully saturated rings. The van der Waals surface area contributed by atoms with E-state index in [9.17, 15) is 14.4 Å². The minimum atomic E-state index is -0.852. The average molecular weight is 436 g/mol. The topological polar surface area (TPSA) is 110 Å². The van der Waals surface area contributed by atoms with E-state index < -0.39 is 24.1 Å². The van der Waals surface area contributed by atoms with Crippen molar-refractivity contribution in [3.8, 4) is 5.75 Å². The van der Waals surface area contributed by atoms with Crippen molar-refractivity contribution in [3.63, 3.8) is 0 Å². The Hall–Kier alpha value is -2.39. The normalized spacial score (nSPS) is 23.0. The Morgan fingerprint density at radius 2 is 2.06 bits per heavy atom. The molecule has 0 aliphatic carbocycles. The summed E-state index contributed by atoms with van der Waals surface area (Å²) in [6.45, 7) is 8.63. The molecule has 172 valence electrons. The van der Waals surface area contributed by atoms with Gasteiger partial charge < -0.3 is 29.4 Å². The van der Waals surface area contributed by atoms with Gasteiger partial charge in [-0.25, -0.2) is 4.79 Å². The lowest BCUT2D eigenvalue weighted by Gasteiger charge is -2.30. The van der Waals surface area contributed by atoms with Gasteiger partial charge >= 0.3 is 6.09 Å². The van der Waals surface area contributed by atoms with Crippen molar-refractivity contribution >= 4 is 17.8 Å². The first-order valence-electron chi connectivity index (χ1n) is 10.9. The zero-order chi connectivity index (χ0) is 22.4. The van der Waals surface area contributed by atoms with Gasteiger partial charge in [-0.15, -0.1) is 0 Å². The van der Waals surface area contributed by atoms with E-state index in [0.717, 1.165) is 32.4 Å². The highest BCUT2D eigenvalue weighted by Crippen LogP contribution is 2.27. The van der Waals surface area contributed by atoms with Crippen LogP contribution in [0.3, 0.4) is 0 Å². The molecule has 0 spiro atoms. The summed E-state index contributed by atoms with van der Waals surface area (Å²) < 4.78 is 15.7. The van der Waals surface area contributed by atoms with E-state index in [1.165, 1.54) is 18.6 Å². The van der Waals surface area contributed by atoms with Gasteiger partial charge in [-0.3, -0.25) is 9.59 Å². The maximum absolute atomic E-state index is 13.1. The number of ether oxygens (including phenoxy) is 2. The number of nitrogens with zero attached hydrogens (tertiary/aromatic N) is 1. The highest BCUT2D eigenvalue weighted by Gasteiger charge is 2.40. The molecule has 1 aromatic rings. The summed E-state index contributed by atoms with van der Waals surface area (Å²) in [6, 6.07) is -0.0653. The van der Waals surface area contributed by atoms with Crippen LogP contribution in [-0.4, -0.2) is 67.1 Å². The summed E-state index contributed by atoms with van der Waals surface area (Å²) in [6.07, 6.45) is 5.03. The second-order valence-corrected chi connectivity index (χ2v) is 9.08. The van der Waals surface area contributed by atoms with Crippen LogP contribution in [0.5, 0.6) is 5.75 Å². The van der Waals surface area contributed by atoms with Crippen LogP contribution in [0.4, 0.5) is 4.79 Å². The van der Waals surface area contributed by atoms with Gasteiger partial charge in [0.15, 0.2) is 11.5 Å². The molecule has 2 N–H and O–H groups in total. The van der Waals surface area contributed by atoms with Crippen LogP contribution in [0.1, 0.15) is 46.5 Å². The number of likely N-dealkylation sites (tertiary alicyclic amines) is 1. The van der Waals surface area contributed by atoms with Crippen molar-refractivity contribution in [2.45, 2.75) is 64.6 Å². The van der Waals surface area contributed by atoms with Crippen LogP contribution in [0.25, 0.3) is 0 Å². The van der Waals surface area contributed by atoms with E-state index in [4.69, 9.17) is 13.9 Å². The summed E-state index contributed by atoms with van der Waals surface area (Å²) in [4.78, 5) is 40.1. The predicted molar refractivity (Wildman–Crippen MR) is 113 cm³/mol. The summed E-state index contributed by atoms with van der Waals surface area (Å²) in [7, 11) is 0. The minimum Gasteiger partial charge on any atom is -0.469 e. The SMILES string of the molecule is CCC(C)(C)C[C@H](NC(=O)Oc1ccoc1)C(=O)NC1C(=O)COC1CN1CCCC1. The molecule has 0 bridgehead atoms. The maximum atomic E-state index is 13.1. The monoisotopic (exact) mass is 435 g/mol. The summed E-state index contributed by atoms with van der Waals surface area (Å²) >= 11 is 0. The molecule has 9 nitrogen and oxygen atoms in total. The van der Waals surface area contributed by atoms with Gasteiger partial charge in [0.25, 0.3) is 0 Å². The van der Waals surface area contributed by atoms with Crippen LogP contribution in [-0.2, 0) is 14.3 Å². The smallest absolute Gasteiger partial charge is 0.413 e. The van der Waals surface area contributed by atoms with Gasteiger partial charge in [0, 0.05) is 12.6 Å². The molecule has 3 atom stereocenters. The van der Waals surface area contributed by atoms with Crippen LogP contribution in [0.2, 0.25) is 0 Å². The lowest BCUT2D eigenvalue weighted by Crippen LogP contribution is -2.56. The molecule has 2 saturated heterocycles. The van der Waals surface area contributed by atoms with Crippen molar-refractivity contribution in [2.24, 2.45) is 5.41 Å². The third-order valence-corrected chi connectivity index (χ3v) is 6.12. The number of hydrogen-bond donors (Lipinski definition) is 2. The van der Waals surface area contributed by atoms with Crippen LogP contribution in [0.15, 0.2) is 23.0 Å². The average Bonchev–Trinajstić information content (AvgIpc) is 3.47. The molecule has 2 amide bonds. The second kappa shape index (κ2) is 10.3. The number of Topliss-reactive ketones (excluding diaryl/α,β-unsaturated/α-hetero) is 1. The van der Waals surface area contributed by atoms with Gasteiger partial charge in [-0.1, -0.05) is 27.2 Å². The Bertz CT molecular complexity index is 757. The van der Waals surface area contributed by atoms with Crippen molar-refractivity contribution < 1.29 is 28.3 Å². The number of carbonyl (C=O) groups excluding carboxylic acids is 3. The van der Waals surface area contributed by atoms with Crippen LogP contribution >= 0.6 is 0 Å². The lowest BCUT2D eigenvalue weighted by atomic mass is 9.83. The highest BCUT2D eigenvalue weighted by molar-refractivity contribution is 5.94. The van der Waals surface area contributed by atoms with Gasteiger partial charge in [-0.2, -0.15) is 0 Å². The standard InChI is InChI=1S/C22H33N3O6/c1-4-22(2,3)11-16(23-21(28)31-15-7-10-29-13-15)20(27)24-19-17(26)14-30-18(19)12-25-8-5-6-9-25/h7,10,13,16,18-19H,4-6,8-9,11-12,14H2,1-3H3,(H,23,28)(H,24,27)/t16-,18?,19?/m0/s1. The van der Waals surface area contributed by atoms with E-state index in [2.05, 4.69) is 15.5 Å². The molecule has 31 heavy (non-hydrogen) atoms. The third kappa shape index (κ3) is 6.54. The molecule has 2 aliphatic heterocycles. The fraction of sp³-hybridized carbons (Fsp3) is 0.682. The molecule has 9 heteroatoms. The molecule has 3 rings (SSSR count). The highest BCUT2D eigenvalue weighted by atomic mass is 16.6. The van der Waals surface area contributed by atoms with Crippen molar-refractivity contribution in [1.82, 2.24) is 15.5 Å². The lowest BCUT2D eigenvalue weighted by molar-refractivity contribution is -0.128. The number of furan rings is 1. The second-order valence-electron chi connectivity index (χ2n) is 9.08. The quantitative estimate of drug-likeness (QED) is 0.611. The van der Waals surface area contributed by atoms with E-state index in [1.807, 2.05) is 20.8 Å². The molecule has 0 saturated carbocycles. The zero-order valence-corrected chi connectivity index (χ0v) is 18.5. The van der Waals surface area contributed by atoms with Crippen molar-refractivity contribution in [2.75, 3.05) is 26.2 Å². The fourth-order valence-corrected chi connectivity index (χ4v) is 3.88. The Labute approximate surface area is 182 Å². The molecular formula is C22H33N3O6. The third-order valence-electron chi connectivity index (χ3n) is 6.12. The van der Waals surface area contributed by atoms with E-state index in [1.54, 1.807) is 0 Å². The van der Waals surface area contributed by atoms with Crippen molar-refractivity contribution in [1.29, 1.82) is 0 Å². The Morgan fingerprint density at radius 1 is 1.32 bits per heavy atom.